The normalized spacial score (nSPS) is 24.8. The number of anilines is 3. The van der Waals surface area contributed by atoms with Gasteiger partial charge in [-0.2, -0.15) is 0 Å². The summed E-state index contributed by atoms with van der Waals surface area (Å²) in [6.45, 7) is 0. The molecule has 0 saturated carbocycles. The van der Waals surface area contributed by atoms with Gasteiger partial charge < -0.3 is 10.2 Å². The second-order valence-corrected chi connectivity index (χ2v) is 13.1. The number of benzene rings is 4. The minimum absolute atomic E-state index is 0.386. The van der Waals surface area contributed by atoms with E-state index in [-0.39, 0.29) is 0 Å². The van der Waals surface area contributed by atoms with Crippen molar-refractivity contribution in [3.63, 3.8) is 0 Å². The zero-order valence-corrected chi connectivity index (χ0v) is 25.1. The second kappa shape index (κ2) is 10.6. The molecular weight excluding hydrogens is 532 g/mol. The van der Waals surface area contributed by atoms with Crippen molar-refractivity contribution < 1.29 is 0 Å². The maximum Gasteiger partial charge on any atom is 0.0497 e. The Labute approximate surface area is 261 Å². The molecule has 0 fully saturated rings. The lowest BCUT2D eigenvalue weighted by Crippen LogP contribution is -2.38. The van der Waals surface area contributed by atoms with Crippen molar-refractivity contribution in [2.24, 2.45) is 11.8 Å². The quantitative estimate of drug-likeness (QED) is 0.263. The lowest BCUT2D eigenvalue weighted by atomic mass is 9.56. The van der Waals surface area contributed by atoms with Gasteiger partial charge in [0.15, 0.2) is 0 Å². The first-order valence-electron chi connectivity index (χ1n) is 16.5. The molecule has 0 spiro atoms. The van der Waals surface area contributed by atoms with Crippen molar-refractivity contribution in [1.29, 1.82) is 0 Å². The Morgan fingerprint density at radius 2 is 1.43 bits per heavy atom. The predicted octanol–water partition coefficient (Wildman–Crippen LogP) is 10.7. The minimum atomic E-state index is 0.386. The Morgan fingerprint density at radius 1 is 0.659 bits per heavy atom. The van der Waals surface area contributed by atoms with Crippen molar-refractivity contribution >= 4 is 22.6 Å². The first-order chi connectivity index (χ1) is 21.8. The Balaban J connectivity index is 1.14. The van der Waals surface area contributed by atoms with E-state index in [0.29, 0.717) is 23.7 Å². The molecule has 1 N–H and O–H groups in total. The van der Waals surface area contributed by atoms with E-state index in [1.54, 1.807) is 16.7 Å². The maximum absolute atomic E-state index is 3.80. The molecule has 4 aliphatic carbocycles. The number of para-hydroxylation sites is 1. The summed E-state index contributed by atoms with van der Waals surface area (Å²) >= 11 is 0. The van der Waals surface area contributed by atoms with Gasteiger partial charge >= 0.3 is 0 Å². The molecule has 4 aromatic rings. The maximum atomic E-state index is 3.80. The van der Waals surface area contributed by atoms with Gasteiger partial charge in [0.2, 0.25) is 0 Å². The van der Waals surface area contributed by atoms with Crippen LogP contribution in [0.2, 0.25) is 0 Å². The third-order valence-electron chi connectivity index (χ3n) is 10.9. The van der Waals surface area contributed by atoms with Gasteiger partial charge in [-0.3, -0.25) is 0 Å². The monoisotopic (exact) mass is 570 g/mol. The van der Waals surface area contributed by atoms with E-state index in [2.05, 4.69) is 138 Å². The predicted molar refractivity (Wildman–Crippen MR) is 183 cm³/mol. The molecule has 2 nitrogen and oxygen atoms in total. The molecule has 44 heavy (non-hydrogen) atoms. The first kappa shape index (κ1) is 25.9. The fourth-order valence-electron chi connectivity index (χ4n) is 9.05. The summed E-state index contributed by atoms with van der Waals surface area (Å²) in [6, 6.07) is 38.5. The number of nitrogens with one attached hydrogen (secondary N) is 1. The molecule has 4 aromatic carbocycles. The van der Waals surface area contributed by atoms with Gasteiger partial charge in [-0.15, -0.1) is 0 Å². The molecule has 216 valence electrons. The molecule has 1 aliphatic heterocycles. The molecule has 0 aromatic heterocycles. The number of rotatable bonds is 4. The number of nitrogens with zero attached hydrogens (tertiary/aromatic N) is 1. The number of aryl methyl sites for hydroxylation is 1. The van der Waals surface area contributed by atoms with Crippen LogP contribution in [0.5, 0.6) is 0 Å². The molecule has 0 amide bonds. The number of hydrogen-bond donors (Lipinski definition) is 1. The highest BCUT2D eigenvalue weighted by atomic mass is 15.2. The fraction of sp³-hybridized carbons (Fsp3) is 0.238. The molecule has 4 atom stereocenters. The standard InChI is InChI=1S/C42H38N2/c1-2-12-28(13-3-1)32-15-8-10-20-38(32)43-30-23-25-31(26-24-30)44-39-21-11-9-19-37(39)41-40-33-16-5-4-14-29(33)22-27-35(40)34-17-6-7-18-36(34)42(41)44/h1-5,7-9,11-16,18-19,21,23-26,34-35,40-41,43H,6,10,17,20,22,27H2. The third-order valence-corrected chi connectivity index (χ3v) is 10.9. The van der Waals surface area contributed by atoms with E-state index in [4.69, 9.17) is 0 Å². The average Bonchev–Trinajstić information content (AvgIpc) is 3.44. The smallest absolute Gasteiger partial charge is 0.0497 e. The van der Waals surface area contributed by atoms with Gasteiger partial charge in [-0.25, -0.2) is 0 Å². The summed E-state index contributed by atoms with van der Waals surface area (Å²) in [5.74, 6) is 2.25. The van der Waals surface area contributed by atoms with Gasteiger partial charge in [0.25, 0.3) is 0 Å². The van der Waals surface area contributed by atoms with E-state index in [0.717, 1.165) is 18.5 Å². The summed E-state index contributed by atoms with van der Waals surface area (Å²) in [7, 11) is 0. The summed E-state index contributed by atoms with van der Waals surface area (Å²) < 4.78 is 0. The van der Waals surface area contributed by atoms with Crippen molar-refractivity contribution in [2.45, 2.75) is 50.4 Å². The van der Waals surface area contributed by atoms with Gasteiger partial charge in [0.05, 0.1) is 0 Å². The number of allylic oxidation sites excluding steroid dienone is 8. The average molecular weight is 571 g/mol. The topological polar surface area (TPSA) is 15.3 Å². The molecule has 1 heterocycles. The Hall–Kier alpha value is -4.56. The minimum Gasteiger partial charge on any atom is -0.358 e. The molecular formula is C42H38N2. The van der Waals surface area contributed by atoms with Crippen LogP contribution in [-0.2, 0) is 6.42 Å². The third kappa shape index (κ3) is 4.08. The number of fused-ring (bicyclic) bond motifs is 9. The van der Waals surface area contributed by atoms with Crippen molar-refractivity contribution in [2.75, 3.05) is 10.2 Å². The van der Waals surface area contributed by atoms with Crippen molar-refractivity contribution in [1.82, 2.24) is 0 Å². The van der Waals surface area contributed by atoms with E-state index >= 15 is 0 Å². The van der Waals surface area contributed by atoms with Crippen molar-refractivity contribution in [3.8, 4) is 0 Å². The van der Waals surface area contributed by atoms with Gasteiger partial charge in [0, 0.05) is 45.9 Å². The van der Waals surface area contributed by atoms with Crippen LogP contribution in [0.15, 0.2) is 144 Å². The van der Waals surface area contributed by atoms with Gasteiger partial charge in [-0.1, -0.05) is 97.1 Å². The second-order valence-electron chi connectivity index (χ2n) is 13.1. The Kier molecular flexibility index (Phi) is 6.21. The largest absolute Gasteiger partial charge is 0.358 e. The van der Waals surface area contributed by atoms with Crippen LogP contribution in [0.1, 0.15) is 66.2 Å². The van der Waals surface area contributed by atoms with Crippen LogP contribution < -0.4 is 10.2 Å². The van der Waals surface area contributed by atoms with Crippen LogP contribution in [0.25, 0.3) is 5.57 Å². The van der Waals surface area contributed by atoms with Crippen LogP contribution >= 0.6 is 0 Å². The van der Waals surface area contributed by atoms with E-state index in [1.165, 1.54) is 65.2 Å². The first-order valence-corrected chi connectivity index (χ1v) is 16.5. The molecule has 0 radical (unpaired) electrons. The van der Waals surface area contributed by atoms with E-state index in [9.17, 15) is 0 Å². The van der Waals surface area contributed by atoms with E-state index in [1.807, 2.05) is 0 Å². The summed E-state index contributed by atoms with van der Waals surface area (Å²) in [4.78, 5) is 2.62. The zero-order chi connectivity index (χ0) is 29.0. The molecule has 2 heteroatoms. The summed E-state index contributed by atoms with van der Waals surface area (Å²) in [5, 5.41) is 3.80. The highest BCUT2D eigenvalue weighted by Gasteiger charge is 2.52. The van der Waals surface area contributed by atoms with Crippen LogP contribution in [-0.4, -0.2) is 0 Å². The van der Waals surface area contributed by atoms with E-state index < -0.39 is 0 Å². The van der Waals surface area contributed by atoms with Gasteiger partial charge in [0.1, 0.15) is 0 Å². The molecule has 9 rings (SSSR count). The van der Waals surface area contributed by atoms with Crippen LogP contribution in [0.3, 0.4) is 0 Å². The summed E-state index contributed by atoms with van der Waals surface area (Å²) in [6.07, 6.45) is 16.6. The Morgan fingerprint density at radius 3 is 2.32 bits per heavy atom. The molecule has 4 unspecified atom stereocenters. The lowest BCUT2D eigenvalue weighted by molar-refractivity contribution is 0.232. The SMILES string of the molecule is C1=CC(c2ccccc2)=C(Nc2ccc(N3C4=C5C=CCCC5C5CCc6ccccc6C5C4c4ccccc43)cc2)CC1. The fourth-order valence-corrected chi connectivity index (χ4v) is 9.05. The Bertz CT molecular complexity index is 1860. The summed E-state index contributed by atoms with van der Waals surface area (Å²) in [5.41, 5.74) is 15.4. The lowest BCUT2D eigenvalue weighted by Gasteiger charge is -2.48. The highest BCUT2D eigenvalue weighted by Crippen LogP contribution is 2.64. The molecule has 0 saturated heterocycles. The molecule has 0 bridgehead atoms. The van der Waals surface area contributed by atoms with Crippen LogP contribution in [0, 0.1) is 11.8 Å². The zero-order valence-electron chi connectivity index (χ0n) is 25.1. The van der Waals surface area contributed by atoms with Crippen molar-refractivity contribution in [3.05, 3.63) is 167 Å². The van der Waals surface area contributed by atoms with Crippen LogP contribution in [0.4, 0.5) is 17.1 Å². The number of hydrogen-bond acceptors (Lipinski definition) is 2. The van der Waals surface area contributed by atoms with Gasteiger partial charge in [-0.05, 0) is 109 Å². The molecule has 5 aliphatic rings. The highest BCUT2D eigenvalue weighted by molar-refractivity contribution is 5.83.